The number of aromatic nitrogens is 6. The fraction of sp³-hybridized carbons (Fsp3) is 0.474. The van der Waals surface area contributed by atoms with Crippen LogP contribution in [0.3, 0.4) is 0 Å². The zero-order chi connectivity index (χ0) is 19.6. The molecule has 5 heterocycles. The lowest BCUT2D eigenvalue weighted by Crippen LogP contribution is -2.47. The Morgan fingerprint density at radius 1 is 1.14 bits per heavy atom. The predicted octanol–water partition coefficient (Wildman–Crippen LogP) is 0.758. The van der Waals surface area contributed by atoms with Crippen LogP contribution in [0.5, 0.6) is 0 Å². The van der Waals surface area contributed by atoms with Gasteiger partial charge in [0, 0.05) is 32.4 Å². The average molecular weight is 394 g/mol. The number of nitrogens with zero attached hydrogens (tertiary/aromatic N) is 8. The van der Waals surface area contributed by atoms with Crippen LogP contribution >= 0.6 is 0 Å². The Bertz CT molecular complexity index is 1000. The molecule has 10 nitrogen and oxygen atoms in total. The van der Waals surface area contributed by atoms with Gasteiger partial charge in [0.05, 0.1) is 19.3 Å². The molecule has 3 aromatic heterocycles. The topological polar surface area (TPSA) is 102 Å². The maximum Gasteiger partial charge on any atom is 0.272 e. The summed E-state index contributed by atoms with van der Waals surface area (Å²) in [5.74, 6) is 0.760. The number of anilines is 1. The van der Waals surface area contributed by atoms with E-state index in [1.165, 1.54) is 0 Å². The highest BCUT2D eigenvalue weighted by Gasteiger charge is 2.27. The van der Waals surface area contributed by atoms with Crippen molar-refractivity contribution >= 4 is 22.9 Å². The number of rotatable bonds is 4. The molecule has 3 aromatic rings. The van der Waals surface area contributed by atoms with E-state index < -0.39 is 0 Å². The highest BCUT2D eigenvalue weighted by Crippen LogP contribution is 2.24. The molecule has 2 saturated heterocycles. The third-order valence-corrected chi connectivity index (χ3v) is 5.37. The SMILES string of the molecule is O=C(c1ccccn1)N1CCO[C@H](Cn2nnc3c(N4CCCC4)ncnc32)C1. The van der Waals surface area contributed by atoms with E-state index in [-0.39, 0.29) is 12.0 Å². The molecular formula is C19H22N8O2. The van der Waals surface area contributed by atoms with Gasteiger partial charge in [0.1, 0.15) is 12.0 Å². The van der Waals surface area contributed by atoms with Gasteiger partial charge >= 0.3 is 0 Å². The number of amides is 1. The fourth-order valence-corrected chi connectivity index (χ4v) is 3.92. The Balaban J connectivity index is 1.33. The molecule has 0 unspecified atom stereocenters. The van der Waals surface area contributed by atoms with Crippen LogP contribution in [0.2, 0.25) is 0 Å². The van der Waals surface area contributed by atoms with Crippen molar-refractivity contribution < 1.29 is 9.53 Å². The van der Waals surface area contributed by atoms with Crippen LogP contribution in [-0.4, -0.2) is 79.6 Å². The van der Waals surface area contributed by atoms with E-state index in [0.29, 0.717) is 43.1 Å². The number of carbonyl (C=O) groups is 1. The molecule has 0 aliphatic carbocycles. The Morgan fingerprint density at radius 2 is 2.03 bits per heavy atom. The van der Waals surface area contributed by atoms with Gasteiger partial charge in [0.15, 0.2) is 17.0 Å². The van der Waals surface area contributed by atoms with Crippen LogP contribution in [0.4, 0.5) is 5.82 Å². The van der Waals surface area contributed by atoms with Crippen molar-refractivity contribution in [2.24, 2.45) is 0 Å². The zero-order valence-electron chi connectivity index (χ0n) is 16.0. The summed E-state index contributed by atoms with van der Waals surface area (Å²) >= 11 is 0. The number of pyridine rings is 1. The molecule has 0 saturated carbocycles. The Morgan fingerprint density at radius 3 is 2.86 bits per heavy atom. The van der Waals surface area contributed by atoms with Gasteiger partial charge in [-0.3, -0.25) is 9.78 Å². The van der Waals surface area contributed by atoms with E-state index in [9.17, 15) is 4.79 Å². The molecule has 1 atom stereocenters. The lowest BCUT2D eigenvalue weighted by atomic mass is 10.2. The third kappa shape index (κ3) is 3.51. The Hall–Kier alpha value is -3.14. The van der Waals surface area contributed by atoms with E-state index in [2.05, 4.69) is 30.2 Å². The Labute approximate surface area is 167 Å². The van der Waals surface area contributed by atoms with Crippen molar-refractivity contribution in [2.75, 3.05) is 37.7 Å². The third-order valence-electron chi connectivity index (χ3n) is 5.37. The van der Waals surface area contributed by atoms with Gasteiger partial charge in [0.25, 0.3) is 5.91 Å². The first kappa shape index (κ1) is 17.9. The monoisotopic (exact) mass is 394 g/mol. The van der Waals surface area contributed by atoms with E-state index in [1.54, 1.807) is 34.2 Å². The van der Waals surface area contributed by atoms with E-state index in [1.807, 2.05) is 6.07 Å². The van der Waals surface area contributed by atoms with Crippen LogP contribution in [0.25, 0.3) is 11.2 Å². The fourth-order valence-electron chi connectivity index (χ4n) is 3.92. The molecule has 2 fully saturated rings. The molecule has 2 aliphatic rings. The highest BCUT2D eigenvalue weighted by atomic mass is 16.5. The van der Waals surface area contributed by atoms with Gasteiger partial charge < -0.3 is 14.5 Å². The molecule has 10 heteroatoms. The number of morpholine rings is 1. The number of hydrogen-bond donors (Lipinski definition) is 0. The quantitative estimate of drug-likeness (QED) is 0.639. The second kappa shape index (κ2) is 7.70. The van der Waals surface area contributed by atoms with E-state index in [4.69, 9.17) is 4.74 Å². The summed E-state index contributed by atoms with van der Waals surface area (Å²) in [6.07, 6.45) is 5.33. The molecule has 0 spiro atoms. The molecule has 0 radical (unpaired) electrons. The summed E-state index contributed by atoms with van der Waals surface area (Å²) in [5.41, 5.74) is 1.85. The van der Waals surface area contributed by atoms with Crippen molar-refractivity contribution in [1.82, 2.24) is 34.8 Å². The lowest BCUT2D eigenvalue weighted by molar-refractivity contribution is -0.0299. The summed E-state index contributed by atoms with van der Waals surface area (Å²) in [6.45, 7) is 3.93. The molecule has 29 heavy (non-hydrogen) atoms. The first-order valence-electron chi connectivity index (χ1n) is 9.90. The molecule has 5 rings (SSSR count). The molecule has 150 valence electrons. The summed E-state index contributed by atoms with van der Waals surface area (Å²) in [5, 5.41) is 8.62. The smallest absolute Gasteiger partial charge is 0.272 e. The van der Waals surface area contributed by atoms with Gasteiger partial charge in [-0.2, -0.15) is 0 Å². The van der Waals surface area contributed by atoms with Crippen molar-refractivity contribution in [3.8, 4) is 0 Å². The molecule has 2 aliphatic heterocycles. The average Bonchev–Trinajstić information content (AvgIpc) is 3.45. The molecular weight excluding hydrogens is 372 g/mol. The number of fused-ring (bicyclic) bond motifs is 1. The number of carbonyl (C=O) groups excluding carboxylic acids is 1. The minimum Gasteiger partial charge on any atom is -0.373 e. The summed E-state index contributed by atoms with van der Waals surface area (Å²) < 4.78 is 7.64. The minimum atomic E-state index is -0.188. The van der Waals surface area contributed by atoms with Gasteiger partial charge in [-0.15, -0.1) is 5.10 Å². The second-order valence-corrected chi connectivity index (χ2v) is 7.29. The maximum atomic E-state index is 12.7. The summed E-state index contributed by atoms with van der Waals surface area (Å²) in [7, 11) is 0. The predicted molar refractivity (Wildman–Crippen MR) is 104 cm³/mol. The van der Waals surface area contributed by atoms with Crippen molar-refractivity contribution in [3.05, 3.63) is 36.4 Å². The van der Waals surface area contributed by atoms with Gasteiger partial charge in [-0.05, 0) is 25.0 Å². The normalized spacial score (nSPS) is 19.8. The summed E-state index contributed by atoms with van der Waals surface area (Å²) in [6, 6.07) is 5.35. The highest BCUT2D eigenvalue weighted by molar-refractivity contribution is 5.92. The van der Waals surface area contributed by atoms with Gasteiger partial charge in [-0.25, -0.2) is 14.6 Å². The van der Waals surface area contributed by atoms with E-state index in [0.717, 1.165) is 31.7 Å². The van der Waals surface area contributed by atoms with E-state index >= 15 is 0 Å². The van der Waals surface area contributed by atoms with Crippen LogP contribution in [0, 0.1) is 0 Å². The van der Waals surface area contributed by atoms with Gasteiger partial charge in [-0.1, -0.05) is 11.3 Å². The zero-order valence-corrected chi connectivity index (χ0v) is 16.0. The standard InChI is InChI=1S/C19H22N8O2/c28-19(15-5-1-2-6-20-15)26-9-10-29-14(11-26)12-27-18-16(23-24-27)17(21-13-22-18)25-7-3-4-8-25/h1-2,5-6,13-14H,3-4,7-12H2/t14-/m0/s1. The first-order valence-corrected chi connectivity index (χ1v) is 9.90. The second-order valence-electron chi connectivity index (χ2n) is 7.29. The Kier molecular flexibility index (Phi) is 4.76. The molecule has 1 amide bonds. The lowest BCUT2D eigenvalue weighted by Gasteiger charge is -2.32. The molecule has 0 bridgehead atoms. The first-order chi connectivity index (χ1) is 14.3. The van der Waals surface area contributed by atoms with Crippen molar-refractivity contribution in [1.29, 1.82) is 0 Å². The van der Waals surface area contributed by atoms with Crippen molar-refractivity contribution in [2.45, 2.75) is 25.5 Å². The van der Waals surface area contributed by atoms with Crippen LogP contribution in [-0.2, 0) is 11.3 Å². The minimum absolute atomic E-state index is 0.0824. The van der Waals surface area contributed by atoms with Crippen LogP contribution in [0.1, 0.15) is 23.3 Å². The van der Waals surface area contributed by atoms with Crippen LogP contribution < -0.4 is 4.90 Å². The van der Waals surface area contributed by atoms with Crippen molar-refractivity contribution in [3.63, 3.8) is 0 Å². The number of hydrogen-bond acceptors (Lipinski definition) is 8. The summed E-state index contributed by atoms with van der Waals surface area (Å²) in [4.78, 5) is 29.7. The number of ether oxygens (including phenoxy) is 1. The largest absolute Gasteiger partial charge is 0.373 e. The molecule has 0 N–H and O–H groups in total. The van der Waals surface area contributed by atoms with Gasteiger partial charge in [0.2, 0.25) is 0 Å². The maximum absolute atomic E-state index is 12.7. The van der Waals surface area contributed by atoms with Crippen LogP contribution in [0.15, 0.2) is 30.7 Å². The molecule has 0 aromatic carbocycles.